The quantitative estimate of drug-likeness (QED) is 0.201. The minimum Gasteiger partial charge on any atom is -0.487 e. The Morgan fingerprint density at radius 1 is 1.07 bits per heavy atom. The Labute approximate surface area is 253 Å². The highest BCUT2D eigenvalue weighted by atomic mass is 35.5. The summed E-state index contributed by atoms with van der Waals surface area (Å²) in [5.74, 6) is 5.58. The van der Waals surface area contributed by atoms with Crippen molar-refractivity contribution in [3.05, 3.63) is 82.4 Å². The van der Waals surface area contributed by atoms with E-state index in [1.165, 1.54) is 12.1 Å². The molecular weight excluding hydrogens is 576 g/mol. The molecule has 224 valence electrons. The Hall–Kier alpha value is -4.62. The molecule has 4 rings (SSSR count). The zero-order chi connectivity index (χ0) is 31.1. The maximum absolute atomic E-state index is 13.1. The molecule has 0 radical (unpaired) electrons. The number of ether oxygens (including phenoxy) is 1. The molecule has 0 unspecified atom stereocenters. The molecule has 3 aromatic carbocycles. The molecule has 3 N–H and O–H groups in total. The number of aromatic nitrogens is 2. The van der Waals surface area contributed by atoms with Crippen molar-refractivity contribution in [3.63, 3.8) is 0 Å². The van der Waals surface area contributed by atoms with E-state index in [4.69, 9.17) is 16.3 Å². The van der Waals surface area contributed by atoms with Crippen molar-refractivity contribution in [1.29, 1.82) is 0 Å². The molecule has 0 fully saturated rings. The second kappa shape index (κ2) is 13.6. The Morgan fingerprint density at radius 2 is 1.81 bits per heavy atom. The number of benzene rings is 3. The third-order valence-electron chi connectivity index (χ3n) is 6.35. The molecule has 1 heterocycles. The standard InChI is InChI=1S/C32H32ClF2N5O3/c1-32(2,3)30(42)37-18-21-12-13-23(33)24(15-21)38-31-39-25-16-22(27(43-19-28(34)35)17-26(25)40(31)4)29(41)36-14-8-11-20-9-6-5-7-10-20/h5-7,9-10,12-13,15-17,28H,14,18-19H2,1-4H3,(H,36,41)(H,37,42)(H,38,39). The number of carbonyl (C=O) groups is 2. The number of fused-ring (bicyclic) bond motifs is 1. The first-order chi connectivity index (χ1) is 20.4. The summed E-state index contributed by atoms with van der Waals surface area (Å²) in [4.78, 5) is 30.0. The fourth-order valence-electron chi connectivity index (χ4n) is 4.01. The van der Waals surface area contributed by atoms with E-state index in [0.29, 0.717) is 34.2 Å². The highest BCUT2D eigenvalue weighted by molar-refractivity contribution is 6.33. The fraction of sp³-hybridized carbons (Fsp3) is 0.281. The van der Waals surface area contributed by atoms with Gasteiger partial charge in [-0.2, -0.15) is 0 Å². The Bertz CT molecular complexity index is 1690. The van der Waals surface area contributed by atoms with Crippen LogP contribution in [0.2, 0.25) is 5.02 Å². The van der Waals surface area contributed by atoms with Gasteiger partial charge in [-0.25, -0.2) is 13.8 Å². The number of aryl methyl sites for hydroxylation is 1. The molecule has 8 nitrogen and oxygen atoms in total. The Balaban J connectivity index is 1.58. The summed E-state index contributed by atoms with van der Waals surface area (Å²) in [5, 5.41) is 9.21. The van der Waals surface area contributed by atoms with Crippen LogP contribution in [0.25, 0.3) is 11.0 Å². The maximum Gasteiger partial charge on any atom is 0.272 e. The Kier molecular flexibility index (Phi) is 9.88. The highest BCUT2D eigenvalue weighted by Gasteiger charge is 2.21. The van der Waals surface area contributed by atoms with Crippen molar-refractivity contribution >= 4 is 46.1 Å². The van der Waals surface area contributed by atoms with Crippen LogP contribution in [-0.2, 0) is 18.4 Å². The molecule has 0 atom stereocenters. The van der Waals surface area contributed by atoms with Crippen LogP contribution in [-0.4, -0.2) is 40.9 Å². The van der Waals surface area contributed by atoms with E-state index in [-0.39, 0.29) is 23.8 Å². The number of imidazole rings is 1. The van der Waals surface area contributed by atoms with Crippen LogP contribution < -0.4 is 20.7 Å². The number of carbonyl (C=O) groups excluding carboxylic acids is 2. The van der Waals surface area contributed by atoms with Gasteiger partial charge in [0.2, 0.25) is 11.9 Å². The van der Waals surface area contributed by atoms with Crippen molar-refractivity contribution in [2.45, 2.75) is 33.7 Å². The summed E-state index contributed by atoms with van der Waals surface area (Å²) in [6.45, 7) is 4.98. The summed E-state index contributed by atoms with van der Waals surface area (Å²) in [6, 6.07) is 17.6. The SMILES string of the molecule is Cn1c(Nc2cc(CNC(=O)C(C)(C)C)ccc2Cl)nc2cc(C(=O)NCC#Cc3ccccc3)c(OCC(F)F)cc21. The molecule has 0 bridgehead atoms. The summed E-state index contributed by atoms with van der Waals surface area (Å²) < 4.78 is 33.1. The predicted molar refractivity (Wildman–Crippen MR) is 164 cm³/mol. The summed E-state index contributed by atoms with van der Waals surface area (Å²) in [6.07, 6.45) is -2.73. The fourth-order valence-corrected chi connectivity index (χ4v) is 4.18. The molecule has 4 aromatic rings. The van der Waals surface area contributed by atoms with Crippen LogP contribution in [0.15, 0.2) is 60.7 Å². The van der Waals surface area contributed by atoms with Gasteiger partial charge in [0, 0.05) is 30.6 Å². The number of hydrogen-bond acceptors (Lipinski definition) is 5. The van der Waals surface area contributed by atoms with Crippen LogP contribution in [0.4, 0.5) is 20.4 Å². The van der Waals surface area contributed by atoms with Crippen LogP contribution >= 0.6 is 11.6 Å². The molecule has 0 aliphatic heterocycles. The van der Waals surface area contributed by atoms with E-state index >= 15 is 0 Å². The molecule has 43 heavy (non-hydrogen) atoms. The van der Waals surface area contributed by atoms with E-state index < -0.39 is 24.4 Å². The monoisotopic (exact) mass is 607 g/mol. The lowest BCUT2D eigenvalue weighted by atomic mass is 9.95. The van der Waals surface area contributed by atoms with Gasteiger partial charge in [-0.15, -0.1) is 0 Å². The second-order valence-corrected chi connectivity index (χ2v) is 11.2. The first kappa shape index (κ1) is 31.3. The third kappa shape index (κ3) is 8.23. The van der Waals surface area contributed by atoms with Crippen LogP contribution in [0.3, 0.4) is 0 Å². The maximum atomic E-state index is 13.1. The van der Waals surface area contributed by atoms with Crippen molar-refractivity contribution in [2.24, 2.45) is 12.5 Å². The van der Waals surface area contributed by atoms with E-state index in [1.54, 1.807) is 23.7 Å². The molecule has 11 heteroatoms. The number of alkyl halides is 2. The molecule has 2 amide bonds. The van der Waals surface area contributed by atoms with Crippen LogP contribution in [0, 0.1) is 17.3 Å². The first-order valence-electron chi connectivity index (χ1n) is 13.5. The first-order valence-corrected chi connectivity index (χ1v) is 13.9. The van der Waals surface area contributed by atoms with Crippen LogP contribution in [0.1, 0.15) is 42.3 Å². The number of nitrogens with one attached hydrogen (secondary N) is 3. The number of amides is 2. The van der Waals surface area contributed by atoms with Gasteiger partial charge in [0.05, 0.1) is 33.9 Å². The molecule has 0 aliphatic rings. The average molecular weight is 608 g/mol. The van der Waals surface area contributed by atoms with Gasteiger partial charge >= 0.3 is 0 Å². The summed E-state index contributed by atoms with van der Waals surface area (Å²) >= 11 is 6.45. The molecule has 1 aromatic heterocycles. The van der Waals surface area contributed by atoms with Gasteiger partial charge in [-0.1, -0.05) is 68.5 Å². The minimum atomic E-state index is -2.73. The molecule has 0 aliphatic carbocycles. The largest absolute Gasteiger partial charge is 0.487 e. The minimum absolute atomic E-state index is 0.00881. The van der Waals surface area contributed by atoms with Gasteiger partial charge in [0.15, 0.2) is 0 Å². The van der Waals surface area contributed by atoms with E-state index in [0.717, 1.165) is 11.1 Å². The van der Waals surface area contributed by atoms with Gasteiger partial charge in [-0.05, 0) is 35.9 Å². The van der Waals surface area contributed by atoms with Crippen LogP contribution in [0.5, 0.6) is 5.75 Å². The van der Waals surface area contributed by atoms with Gasteiger partial charge < -0.3 is 25.3 Å². The second-order valence-electron chi connectivity index (χ2n) is 10.8. The highest BCUT2D eigenvalue weighted by Crippen LogP contribution is 2.31. The number of anilines is 2. The third-order valence-corrected chi connectivity index (χ3v) is 6.68. The van der Waals surface area contributed by atoms with Crippen molar-refractivity contribution in [1.82, 2.24) is 20.2 Å². The lowest BCUT2D eigenvalue weighted by Crippen LogP contribution is -2.34. The lowest BCUT2D eigenvalue weighted by Gasteiger charge is -2.18. The van der Waals surface area contributed by atoms with Crippen molar-refractivity contribution in [2.75, 3.05) is 18.5 Å². The normalized spacial score (nSPS) is 11.2. The molecule has 0 spiro atoms. The number of hydrogen-bond donors (Lipinski definition) is 3. The van der Waals surface area contributed by atoms with E-state index in [1.807, 2.05) is 57.2 Å². The Morgan fingerprint density at radius 3 is 2.51 bits per heavy atom. The molecular formula is C32H32ClF2N5O3. The van der Waals surface area contributed by atoms with E-state index in [9.17, 15) is 18.4 Å². The summed E-state index contributed by atoms with van der Waals surface area (Å²) in [5.41, 5.74) is 2.66. The molecule has 0 saturated heterocycles. The number of nitrogens with zero attached hydrogens (tertiary/aromatic N) is 2. The van der Waals surface area contributed by atoms with Crippen molar-refractivity contribution in [3.8, 4) is 17.6 Å². The topological polar surface area (TPSA) is 97.3 Å². The predicted octanol–water partition coefficient (Wildman–Crippen LogP) is 6.06. The van der Waals surface area contributed by atoms with Crippen molar-refractivity contribution < 1.29 is 23.1 Å². The average Bonchev–Trinajstić information content (AvgIpc) is 3.27. The number of rotatable bonds is 9. The smallest absolute Gasteiger partial charge is 0.272 e. The zero-order valence-electron chi connectivity index (χ0n) is 24.2. The molecule has 0 saturated carbocycles. The van der Waals surface area contributed by atoms with E-state index in [2.05, 4.69) is 32.8 Å². The van der Waals surface area contributed by atoms with Gasteiger partial charge in [0.25, 0.3) is 12.3 Å². The zero-order valence-corrected chi connectivity index (χ0v) is 25.0. The summed E-state index contributed by atoms with van der Waals surface area (Å²) in [7, 11) is 1.73. The lowest BCUT2D eigenvalue weighted by molar-refractivity contribution is -0.128. The van der Waals surface area contributed by atoms with Gasteiger partial charge in [-0.3, -0.25) is 9.59 Å². The number of halogens is 3. The van der Waals surface area contributed by atoms with Gasteiger partial charge in [0.1, 0.15) is 12.4 Å².